The van der Waals surface area contributed by atoms with Crippen LogP contribution in [0.3, 0.4) is 0 Å². The molecule has 1 aromatic heterocycles. The molecule has 0 unspecified atom stereocenters. The smallest absolute Gasteiger partial charge is 0.339 e. The predicted molar refractivity (Wildman–Crippen MR) is 66.6 cm³/mol. The molecule has 0 aliphatic heterocycles. The van der Waals surface area contributed by atoms with Crippen molar-refractivity contribution < 1.29 is 9.90 Å². The monoisotopic (exact) mass is 246 g/mol. The molecule has 0 radical (unpaired) electrons. The Morgan fingerprint density at radius 1 is 1.35 bits per heavy atom. The lowest BCUT2D eigenvalue weighted by molar-refractivity contribution is 0.0697. The lowest BCUT2D eigenvalue weighted by Gasteiger charge is -2.06. The molecule has 5 heteroatoms. The molecular weight excluding hydrogens is 236 g/mol. The minimum Gasteiger partial charge on any atom is -0.478 e. The van der Waals surface area contributed by atoms with Gasteiger partial charge in [-0.1, -0.05) is 29.8 Å². The highest BCUT2D eigenvalue weighted by molar-refractivity contribution is 7.71. The number of hydrogen-bond donors (Lipinski definition) is 2. The van der Waals surface area contributed by atoms with Gasteiger partial charge < -0.3 is 10.1 Å². The quantitative estimate of drug-likeness (QED) is 0.800. The average Bonchev–Trinajstić information content (AvgIpc) is 2.29. The maximum absolute atomic E-state index is 11.1. The van der Waals surface area contributed by atoms with Crippen LogP contribution in [-0.4, -0.2) is 21.0 Å². The fraction of sp³-hybridized carbons (Fsp3) is 0.0833. The molecule has 0 aliphatic rings. The van der Waals surface area contributed by atoms with Crippen LogP contribution in [-0.2, 0) is 0 Å². The van der Waals surface area contributed by atoms with Gasteiger partial charge in [-0.15, -0.1) is 0 Å². The summed E-state index contributed by atoms with van der Waals surface area (Å²) in [5, 5.41) is 9.08. The number of H-pyrrole nitrogens is 1. The van der Waals surface area contributed by atoms with Crippen molar-refractivity contribution >= 4 is 18.2 Å². The second-order valence-corrected chi connectivity index (χ2v) is 4.03. The molecule has 0 amide bonds. The van der Waals surface area contributed by atoms with Gasteiger partial charge in [-0.25, -0.2) is 9.78 Å². The first-order valence-electron chi connectivity index (χ1n) is 4.97. The number of nitrogens with zero attached hydrogens (tertiary/aromatic N) is 1. The molecule has 2 N–H and O–H groups in total. The van der Waals surface area contributed by atoms with E-state index in [9.17, 15) is 4.79 Å². The SMILES string of the molecule is Cc1ccc(-c2[nH]c(=S)ncc2C(=O)O)cc1. The van der Waals surface area contributed by atoms with Crippen molar-refractivity contribution in [1.29, 1.82) is 0 Å². The minimum atomic E-state index is -1.03. The average molecular weight is 246 g/mol. The topological polar surface area (TPSA) is 66.0 Å². The third-order valence-electron chi connectivity index (χ3n) is 2.38. The number of carbonyl (C=O) groups is 1. The molecule has 0 bridgehead atoms. The number of aromatic amines is 1. The molecule has 4 nitrogen and oxygen atoms in total. The van der Waals surface area contributed by atoms with E-state index in [0.717, 1.165) is 11.1 Å². The number of aromatic carboxylic acids is 1. The molecule has 0 spiro atoms. The Hall–Kier alpha value is -2.01. The van der Waals surface area contributed by atoms with E-state index >= 15 is 0 Å². The normalized spacial score (nSPS) is 10.2. The van der Waals surface area contributed by atoms with E-state index in [1.54, 1.807) is 0 Å². The first-order chi connectivity index (χ1) is 8.08. The summed E-state index contributed by atoms with van der Waals surface area (Å²) in [7, 11) is 0. The third kappa shape index (κ3) is 2.39. The molecule has 86 valence electrons. The third-order valence-corrected chi connectivity index (χ3v) is 2.59. The molecular formula is C12H10N2O2S. The van der Waals surface area contributed by atoms with E-state index in [-0.39, 0.29) is 10.3 Å². The molecule has 1 aromatic carbocycles. The number of carboxylic acid groups (broad SMARTS) is 1. The summed E-state index contributed by atoms with van der Waals surface area (Å²) in [6, 6.07) is 7.53. The Morgan fingerprint density at radius 2 is 2.00 bits per heavy atom. The van der Waals surface area contributed by atoms with Gasteiger partial charge in [0.2, 0.25) is 0 Å². The standard InChI is InChI=1S/C12H10N2O2S/c1-7-2-4-8(5-3-7)10-9(11(15)16)6-13-12(17)14-10/h2-6H,1H3,(H,15,16)(H,13,14,17). The summed E-state index contributed by atoms with van der Waals surface area (Å²) in [6.45, 7) is 1.97. The van der Waals surface area contributed by atoms with Gasteiger partial charge in [-0.05, 0) is 24.7 Å². The molecule has 2 rings (SSSR count). The van der Waals surface area contributed by atoms with Gasteiger partial charge in [0, 0.05) is 6.20 Å². The van der Waals surface area contributed by atoms with E-state index in [2.05, 4.69) is 9.97 Å². The van der Waals surface area contributed by atoms with E-state index < -0.39 is 5.97 Å². The van der Waals surface area contributed by atoms with Gasteiger partial charge in [0.05, 0.1) is 5.69 Å². The number of carboxylic acids is 1. The largest absolute Gasteiger partial charge is 0.478 e. The van der Waals surface area contributed by atoms with Crippen molar-refractivity contribution in [3.8, 4) is 11.3 Å². The second kappa shape index (κ2) is 4.47. The highest BCUT2D eigenvalue weighted by atomic mass is 32.1. The number of aromatic nitrogens is 2. The van der Waals surface area contributed by atoms with Gasteiger partial charge in [-0.3, -0.25) is 0 Å². The fourth-order valence-electron chi connectivity index (χ4n) is 1.50. The highest BCUT2D eigenvalue weighted by Crippen LogP contribution is 2.21. The summed E-state index contributed by atoms with van der Waals surface area (Å²) in [5.74, 6) is -1.03. The van der Waals surface area contributed by atoms with Crippen LogP contribution in [0.25, 0.3) is 11.3 Å². The maximum Gasteiger partial charge on any atom is 0.339 e. The first-order valence-corrected chi connectivity index (χ1v) is 5.38. The summed E-state index contributed by atoms with van der Waals surface area (Å²) in [5.41, 5.74) is 2.49. The van der Waals surface area contributed by atoms with Crippen LogP contribution in [0.4, 0.5) is 0 Å². The molecule has 17 heavy (non-hydrogen) atoms. The summed E-state index contributed by atoms with van der Waals surface area (Å²) in [6.07, 6.45) is 1.27. The lowest BCUT2D eigenvalue weighted by atomic mass is 10.1. The molecule has 0 saturated carbocycles. The van der Waals surface area contributed by atoms with E-state index in [0.29, 0.717) is 5.69 Å². The van der Waals surface area contributed by atoms with Crippen LogP contribution in [0.5, 0.6) is 0 Å². The number of benzene rings is 1. The molecule has 2 aromatic rings. The second-order valence-electron chi connectivity index (χ2n) is 3.65. The van der Waals surface area contributed by atoms with Crippen LogP contribution in [0.1, 0.15) is 15.9 Å². The van der Waals surface area contributed by atoms with Crippen molar-refractivity contribution in [2.24, 2.45) is 0 Å². The van der Waals surface area contributed by atoms with Gasteiger partial charge >= 0.3 is 5.97 Å². The van der Waals surface area contributed by atoms with Crippen LogP contribution < -0.4 is 0 Å². The Bertz CT molecular complexity index is 617. The predicted octanol–water partition coefficient (Wildman–Crippen LogP) is 2.81. The number of nitrogens with one attached hydrogen (secondary N) is 1. The van der Waals surface area contributed by atoms with Crippen molar-refractivity contribution in [1.82, 2.24) is 9.97 Å². The van der Waals surface area contributed by atoms with Crippen LogP contribution >= 0.6 is 12.2 Å². The van der Waals surface area contributed by atoms with Crippen molar-refractivity contribution in [3.05, 3.63) is 46.4 Å². The molecule has 1 heterocycles. The maximum atomic E-state index is 11.1. The number of rotatable bonds is 2. The summed E-state index contributed by atoms with van der Waals surface area (Å²) >= 11 is 4.91. The van der Waals surface area contributed by atoms with E-state index in [4.69, 9.17) is 17.3 Å². The van der Waals surface area contributed by atoms with Gasteiger partial charge in [0.1, 0.15) is 5.56 Å². The molecule has 0 fully saturated rings. The Kier molecular flexibility index (Phi) is 3.01. The van der Waals surface area contributed by atoms with Crippen LogP contribution in [0.15, 0.2) is 30.5 Å². The Morgan fingerprint density at radius 3 is 2.59 bits per heavy atom. The van der Waals surface area contributed by atoms with Gasteiger partial charge in [0.15, 0.2) is 4.77 Å². The Balaban J connectivity index is 2.64. The van der Waals surface area contributed by atoms with Gasteiger partial charge in [0.25, 0.3) is 0 Å². The van der Waals surface area contributed by atoms with Crippen molar-refractivity contribution in [3.63, 3.8) is 0 Å². The number of aryl methyl sites for hydroxylation is 1. The van der Waals surface area contributed by atoms with Crippen molar-refractivity contribution in [2.45, 2.75) is 6.92 Å². The summed E-state index contributed by atoms with van der Waals surface area (Å²) < 4.78 is 0.269. The van der Waals surface area contributed by atoms with Crippen LogP contribution in [0.2, 0.25) is 0 Å². The highest BCUT2D eigenvalue weighted by Gasteiger charge is 2.12. The minimum absolute atomic E-state index is 0.113. The van der Waals surface area contributed by atoms with Crippen molar-refractivity contribution in [2.75, 3.05) is 0 Å². The molecule has 0 aliphatic carbocycles. The zero-order chi connectivity index (χ0) is 12.4. The van der Waals surface area contributed by atoms with E-state index in [1.165, 1.54) is 6.20 Å². The van der Waals surface area contributed by atoms with Crippen LogP contribution in [0, 0.1) is 11.7 Å². The zero-order valence-corrected chi connectivity index (χ0v) is 9.91. The summed E-state index contributed by atoms with van der Waals surface area (Å²) in [4.78, 5) is 17.7. The molecule has 0 saturated heterocycles. The fourth-order valence-corrected chi connectivity index (χ4v) is 1.66. The zero-order valence-electron chi connectivity index (χ0n) is 9.10. The number of hydrogen-bond acceptors (Lipinski definition) is 3. The Labute approximate surface area is 103 Å². The lowest BCUT2D eigenvalue weighted by Crippen LogP contribution is -2.03. The van der Waals surface area contributed by atoms with E-state index in [1.807, 2.05) is 31.2 Å². The first kappa shape index (κ1) is 11.5. The molecule has 0 atom stereocenters. The van der Waals surface area contributed by atoms with Gasteiger partial charge in [-0.2, -0.15) is 0 Å².